The van der Waals surface area contributed by atoms with Gasteiger partial charge in [0.25, 0.3) is 0 Å². The standard InChI is InChI=1S/C13H7F3N2O/c14-13(15,16)12-6-5-10(8-18-12)19-11-4-2-1-3-9(11)7-17/h1-6,8H. The number of halogens is 3. The minimum atomic E-state index is -4.48. The normalized spacial score (nSPS) is 10.8. The van der Waals surface area contributed by atoms with Crippen LogP contribution in [0.2, 0.25) is 0 Å². The Kier molecular flexibility index (Phi) is 3.38. The smallest absolute Gasteiger partial charge is 0.433 e. The van der Waals surface area contributed by atoms with Gasteiger partial charge in [-0.2, -0.15) is 18.4 Å². The Bertz CT molecular complexity index is 615. The maximum Gasteiger partial charge on any atom is 0.433 e. The molecular formula is C13H7F3N2O. The third kappa shape index (κ3) is 3.01. The fraction of sp³-hybridized carbons (Fsp3) is 0.0769. The Balaban J connectivity index is 2.23. The van der Waals surface area contributed by atoms with E-state index in [-0.39, 0.29) is 11.5 Å². The number of benzene rings is 1. The van der Waals surface area contributed by atoms with Gasteiger partial charge in [-0.25, -0.2) is 4.98 Å². The lowest BCUT2D eigenvalue weighted by atomic mass is 10.2. The largest absolute Gasteiger partial charge is 0.454 e. The molecule has 0 bridgehead atoms. The van der Waals surface area contributed by atoms with Crippen LogP contribution in [0.3, 0.4) is 0 Å². The Morgan fingerprint density at radius 2 is 1.84 bits per heavy atom. The van der Waals surface area contributed by atoms with Gasteiger partial charge in [0.15, 0.2) is 0 Å². The van der Waals surface area contributed by atoms with E-state index in [4.69, 9.17) is 10.00 Å². The number of para-hydroxylation sites is 1. The second kappa shape index (κ2) is 4.98. The molecule has 0 unspecified atom stereocenters. The van der Waals surface area contributed by atoms with E-state index in [1.165, 1.54) is 0 Å². The first kappa shape index (κ1) is 12.9. The van der Waals surface area contributed by atoms with Crippen LogP contribution in [-0.4, -0.2) is 4.98 Å². The van der Waals surface area contributed by atoms with Gasteiger partial charge in [0.1, 0.15) is 23.3 Å². The van der Waals surface area contributed by atoms with Crippen LogP contribution in [0, 0.1) is 11.3 Å². The molecule has 0 aliphatic carbocycles. The first-order chi connectivity index (χ1) is 9.00. The molecule has 0 spiro atoms. The summed E-state index contributed by atoms with van der Waals surface area (Å²) in [5.41, 5.74) is -0.698. The average Bonchev–Trinajstić information content (AvgIpc) is 2.39. The zero-order valence-corrected chi connectivity index (χ0v) is 9.48. The Morgan fingerprint density at radius 3 is 2.42 bits per heavy atom. The van der Waals surface area contributed by atoms with Gasteiger partial charge in [0.05, 0.1) is 11.8 Å². The van der Waals surface area contributed by atoms with Crippen LogP contribution in [0.1, 0.15) is 11.3 Å². The van der Waals surface area contributed by atoms with Crippen molar-refractivity contribution in [3.8, 4) is 17.6 Å². The summed E-state index contributed by atoms with van der Waals surface area (Å²) in [6, 6.07) is 10.3. The Labute approximate surface area is 106 Å². The van der Waals surface area contributed by atoms with E-state index in [1.54, 1.807) is 24.3 Å². The molecule has 1 heterocycles. The van der Waals surface area contributed by atoms with Crippen LogP contribution in [0.4, 0.5) is 13.2 Å². The highest BCUT2D eigenvalue weighted by Gasteiger charge is 2.32. The molecule has 0 aliphatic heterocycles. The first-order valence-corrected chi connectivity index (χ1v) is 5.21. The van der Waals surface area contributed by atoms with Crippen molar-refractivity contribution in [3.63, 3.8) is 0 Å². The average molecular weight is 264 g/mol. The molecule has 1 aromatic heterocycles. The van der Waals surface area contributed by atoms with E-state index < -0.39 is 11.9 Å². The molecule has 0 aliphatic rings. The van der Waals surface area contributed by atoms with Crippen LogP contribution >= 0.6 is 0 Å². The van der Waals surface area contributed by atoms with E-state index in [9.17, 15) is 13.2 Å². The topological polar surface area (TPSA) is 45.9 Å². The SMILES string of the molecule is N#Cc1ccccc1Oc1ccc(C(F)(F)F)nc1. The predicted octanol–water partition coefficient (Wildman–Crippen LogP) is 3.76. The molecule has 0 N–H and O–H groups in total. The van der Waals surface area contributed by atoms with Gasteiger partial charge < -0.3 is 4.74 Å². The first-order valence-electron chi connectivity index (χ1n) is 5.21. The summed E-state index contributed by atoms with van der Waals surface area (Å²) in [5, 5.41) is 8.85. The maximum atomic E-state index is 12.3. The minimum absolute atomic E-state index is 0.135. The van der Waals surface area contributed by atoms with E-state index >= 15 is 0 Å². The lowest BCUT2D eigenvalue weighted by molar-refractivity contribution is -0.141. The molecule has 0 atom stereocenters. The zero-order chi connectivity index (χ0) is 13.9. The predicted molar refractivity (Wildman–Crippen MR) is 60.5 cm³/mol. The van der Waals surface area contributed by atoms with Gasteiger partial charge in [0.2, 0.25) is 0 Å². The lowest BCUT2D eigenvalue weighted by Gasteiger charge is -2.08. The van der Waals surface area contributed by atoms with Crippen LogP contribution in [0.25, 0.3) is 0 Å². The maximum absolute atomic E-state index is 12.3. The summed E-state index contributed by atoms with van der Waals surface area (Å²) >= 11 is 0. The van der Waals surface area contributed by atoms with Gasteiger partial charge in [-0.3, -0.25) is 0 Å². The second-order valence-electron chi connectivity index (χ2n) is 3.59. The van der Waals surface area contributed by atoms with Crippen LogP contribution in [0.5, 0.6) is 11.5 Å². The zero-order valence-electron chi connectivity index (χ0n) is 9.48. The molecule has 19 heavy (non-hydrogen) atoms. The molecule has 3 nitrogen and oxygen atoms in total. The number of hydrogen-bond acceptors (Lipinski definition) is 3. The molecule has 2 rings (SSSR count). The quantitative estimate of drug-likeness (QED) is 0.829. The van der Waals surface area contributed by atoms with Crippen molar-refractivity contribution in [1.29, 1.82) is 5.26 Å². The number of aromatic nitrogens is 1. The Morgan fingerprint density at radius 1 is 1.11 bits per heavy atom. The number of pyridine rings is 1. The van der Waals surface area contributed by atoms with Gasteiger partial charge in [0, 0.05) is 0 Å². The molecule has 0 amide bonds. The molecule has 2 aromatic rings. The van der Waals surface area contributed by atoms with Crippen molar-refractivity contribution in [3.05, 3.63) is 53.9 Å². The summed E-state index contributed by atoms with van der Waals surface area (Å²) in [6.07, 6.45) is -3.51. The lowest BCUT2D eigenvalue weighted by Crippen LogP contribution is -2.07. The summed E-state index contributed by atoms with van der Waals surface area (Å²) in [5.74, 6) is 0.405. The highest BCUT2D eigenvalue weighted by Crippen LogP contribution is 2.30. The monoisotopic (exact) mass is 264 g/mol. The molecule has 0 saturated carbocycles. The van der Waals surface area contributed by atoms with Crippen molar-refractivity contribution in [1.82, 2.24) is 4.98 Å². The van der Waals surface area contributed by atoms with Crippen LogP contribution in [0.15, 0.2) is 42.6 Å². The summed E-state index contributed by atoms with van der Waals surface area (Å²) in [6.45, 7) is 0. The van der Waals surface area contributed by atoms with Crippen LogP contribution < -0.4 is 4.74 Å². The summed E-state index contributed by atoms with van der Waals surface area (Å²) in [4.78, 5) is 3.27. The molecule has 0 radical (unpaired) electrons. The van der Waals surface area contributed by atoms with Gasteiger partial charge in [-0.05, 0) is 24.3 Å². The second-order valence-corrected chi connectivity index (χ2v) is 3.59. The van der Waals surface area contributed by atoms with E-state index in [1.807, 2.05) is 6.07 Å². The van der Waals surface area contributed by atoms with E-state index in [0.717, 1.165) is 18.3 Å². The molecule has 1 aromatic carbocycles. The third-order valence-corrected chi connectivity index (χ3v) is 2.26. The van der Waals surface area contributed by atoms with Crippen molar-refractivity contribution >= 4 is 0 Å². The number of alkyl halides is 3. The molecule has 6 heteroatoms. The van der Waals surface area contributed by atoms with Crippen molar-refractivity contribution in [2.24, 2.45) is 0 Å². The van der Waals surface area contributed by atoms with Gasteiger partial charge in [-0.1, -0.05) is 12.1 Å². The number of ether oxygens (including phenoxy) is 1. The van der Waals surface area contributed by atoms with Crippen LogP contribution in [-0.2, 0) is 6.18 Å². The molecule has 0 saturated heterocycles. The summed E-state index contributed by atoms with van der Waals surface area (Å²) < 4.78 is 42.3. The highest BCUT2D eigenvalue weighted by atomic mass is 19.4. The van der Waals surface area contributed by atoms with Gasteiger partial charge >= 0.3 is 6.18 Å². The van der Waals surface area contributed by atoms with E-state index in [2.05, 4.69) is 4.98 Å². The fourth-order valence-corrected chi connectivity index (χ4v) is 1.38. The fourth-order valence-electron chi connectivity index (χ4n) is 1.38. The highest BCUT2D eigenvalue weighted by molar-refractivity contribution is 5.44. The minimum Gasteiger partial charge on any atom is -0.454 e. The molecular weight excluding hydrogens is 257 g/mol. The Hall–Kier alpha value is -2.55. The molecule has 96 valence electrons. The number of nitriles is 1. The van der Waals surface area contributed by atoms with Gasteiger partial charge in [-0.15, -0.1) is 0 Å². The van der Waals surface area contributed by atoms with Crippen molar-refractivity contribution < 1.29 is 17.9 Å². The number of hydrogen-bond donors (Lipinski definition) is 0. The number of nitrogens with zero attached hydrogens (tertiary/aromatic N) is 2. The third-order valence-electron chi connectivity index (χ3n) is 2.26. The van der Waals surface area contributed by atoms with Crippen molar-refractivity contribution in [2.75, 3.05) is 0 Å². The molecule has 0 fully saturated rings. The van der Waals surface area contributed by atoms with E-state index in [0.29, 0.717) is 5.56 Å². The van der Waals surface area contributed by atoms with Crippen molar-refractivity contribution in [2.45, 2.75) is 6.18 Å². The summed E-state index contributed by atoms with van der Waals surface area (Å²) in [7, 11) is 0. The number of rotatable bonds is 2.